The van der Waals surface area contributed by atoms with Crippen LogP contribution in [0.25, 0.3) is 0 Å². The lowest BCUT2D eigenvalue weighted by atomic mass is 10.2. The van der Waals surface area contributed by atoms with Gasteiger partial charge in [-0.2, -0.15) is 4.98 Å². The van der Waals surface area contributed by atoms with Crippen molar-refractivity contribution in [2.45, 2.75) is 0 Å². The quantitative estimate of drug-likeness (QED) is 0.471. The van der Waals surface area contributed by atoms with Gasteiger partial charge in [0.25, 0.3) is 0 Å². The van der Waals surface area contributed by atoms with E-state index in [-0.39, 0.29) is 23.0 Å². The van der Waals surface area contributed by atoms with Crippen LogP contribution in [0.4, 0.5) is 5.69 Å². The van der Waals surface area contributed by atoms with Crippen LogP contribution < -0.4 is 4.74 Å². The van der Waals surface area contributed by atoms with Gasteiger partial charge in [-0.3, -0.25) is 14.8 Å². The number of nitro benzene ring substituents is 1. The van der Waals surface area contributed by atoms with Gasteiger partial charge < -0.3 is 9.47 Å². The molecule has 2 rings (SSSR count). The highest BCUT2D eigenvalue weighted by molar-refractivity contribution is 5.90. The molecule has 0 fully saturated rings. The molecule has 0 atom stereocenters. The monoisotopic (exact) mass is 278 g/mol. The molecule has 1 aromatic heterocycles. The number of aromatic nitrogens is 3. The third-order valence-electron chi connectivity index (χ3n) is 2.36. The molecule has 1 heterocycles. The number of nitrogens with zero attached hydrogens (tertiary/aromatic N) is 4. The Morgan fingerprint density at radius 1 is 1.45 bits per heavy atom. The van der Waals surface area contributed by atoms with Gasteiger partial charge in [-0.1, -0.05) is 0 Å². The van der Waals surface area contributed by atoms with Gasteiger partial charge in [0.2, 0.25) is 5.75 Å². The second kappa shape index (κ2) is 5.34. The zero-order valence-corrected chi connectivity index (χ0v) is 10.6. The summed E-state index contributed by atoms with van der Waals surface area (Å²) in [6.45, 7) is 0. The van der Waals surface area contributed by atoms with E-state index in [9.17, 15) is 14.9 Å². The second-order valence-corrected chi connectivity index (χ2v) is 3.73. The lowest BCUT2D eigenvalue weighted by molar-refractivity contribution is -0.385. The van der Waals surface area contributed by atoms with Crippen molar-refractivity contribution in [1.82, 2.24) is 14.8 Å². The van der Waals surface area contributed by atoms with Crippen molar-refractivity contribution in [3.63, 3.8) is 0 Å². The average molecular weight is 278 g/mol. The Morgan fingerprint density at radius 3 is 2.75 bits per heavy atom. The van der Waals surface area contributed by atoms with Gasteiger partial charge in [0.05, 0.1) is 17.6 Å². The molecule has 2 aromatic rings. The van der Waals surface area contributed by atoms with E-state index in [1.54, 1.807) is 7.05 Å². The predicted octanol–water partition coefficient (Wildman–Crippen LogP) is 1.30. The Labute approximate surface area is 112 Å². The summed E-state index contributed by atoms with van der Waals surface area (Å²) in [5, 5.41) is 14.8. The van der Waals surface area contributed by atoms with E-state index in [4.69, 9.17) is 4.74 Å². The summed E-state index contributed by atoms with van der Waals surface area (Å²) in [6.07, 6.45) is 1.38. The topological polar surface area (TPSA) is 109 Å². The molecule has 0 spiro atoms. The molecule has 0 saturated heterocycles. The summed E-state index contributed by atoms with van der Waals surface area (Å²) in [4.78, 5) is 25.5. The molecule has 0 unspecified atom stereocenters. The van der Waals surface area contributed by atoms with E-state index in [1.807, 2.05) is 0 Å². The van der Waals surface area contributed by atoms with E-state index in [2.05, 4.69) is 14.8 Å². The van der Waals surface area contributed by atoms with Crippen LogP contribution >= 0.6 is 0 Å². The number of carbonyl (C=O) groups is 1. The normalized spacial score (nSPS) is 10.1. The lowest BCUT2D eigenvalue weighted by Gasteiger charge is -2.04. The SMILES string of the molecule is COC(=O)c1ccc([N+](=O)[O-])c(Oc2ncn(C)n2)c1. The summed E-state index contributed by atoms with van der Waals surface area (Å²) >= 11 is 0. The maximum Gasteiger partial charge on any atom is 0.341 e. The van der Waals surface area contributed by atoms with Crippen molar-refractivity contribution in [3.8, 4) is 11.8 Å². The number of hydrogen-bond donors (Lipinski definition) is 0. The van der Waals surface area contributed by atoms with Crippen LogP contribution in [0.15, 0.2) is 24.5 Å². The van der Waals surface area contributed by atoms with Gasteiger partial charge in [0, 0.05) is 19.2 Å². The largest absolute Gasteiger partial charge is 0.465 e. The van der Waals surface area contributed by atoms with Crippen molar-refractivity contribution in [1.29, 1.82) is 0 Å². The average Bonchev–Trinajstić information content (AvgIpc) is 2.82. The first-order chi connectivity index (χ1) is 9.51. The molecule has 0 N–H and O–H groups in total. The molecule has 0 bridgehead atoms. The van der Waals surface area contributed by atoms with Crippen molar-refractivity contribution in [3.05, 3.63) is 40.2 Å². The Balaban J connectivity index is 2.41. The van der Waals surface area contributed by atoms with Crippen LogP contribution in [-0.2, 0) is 11.8 Å². The zero-order chi connectivity index (χ0) is 14.7. The van der Waals surface area contributed by atoms with Crippen molar-refractivity contribution < 1.29 is 19.2 Å². The number of rotatable bonds is 4. The van der Waals surface area contributed by atoms with E-state index in [0.29, 0.717) is 0 Å². The number of aryl methyl sites for hydroxylation is 1. The Hall–Kier alpha value is -2.97. The molecule has 9 heteroatoms. The van der Waals surface area contributed by atoms with Gasteiger partial charge >= 0.3 is 17.7 Å². The number of esters is 1. The van der Waals surface area contributed by atoms with Crippen molar-refractivity contribution in [2.75, 3.05) is 7.11 Å². The molecule has 0 aliphatic heterocycles. The summed E-state index contributed by atoms with van der Waals surface area (Å²) in [7, 11) is 2.84. The summed E-state index contributed by atoms with van der Waals surface area (Å²) in [5.41, 5.74) is -0.172. The van der Waals surface area contributed by atoms with Gasteiger partial charge in [-0.25, -0.2) is 4.79 Å². The summed E-state index contributed by atoms with van der Waals surface area (Å²) in [5.74, 6) is -0.761. The highest BCUT2D eigenvalue weighted by Gasteiger charge is 2.20. The van der Waals surface area contributed by atoms with Crippen LogP contribution in [0.5, 0.6) is 11.8 Å². The molecule has 0 aliphatic carbocycles. The molecule has 1 aromatic carbocycles. The number of methoxy groups -OCH3 is 1. The second-order valence-electron chi connectivity index (χ2n) is 3.73. The minimum atomic E-state index is -0.626. The van der Waals surface area contributed by atoms with Gasteiger partial charge in [-0.15, -0.1) is 5.10 Å². The number of ether oxygens (including phenoxy) is 2. The molecule has 0 amide bonds. The molecule has 20 heavy (non-hydrogen) atoms. The minimum absolute atomic E-state index is 0.0578. The fourth-order valence-electron chi connectivity index (χ4n) is 1.46. The Bertz CT molecular complexity index is 667. The predicted molar refractivity (Wildman–Crippen MR) is 65.5 cm³/mol. The number of hydrogen-bond acceptors (Lipinski definition) is 7. The first-order valence-corrected chi connectivity index (χ1v) is 5.41. The zero-order valence-electron chi connectivity index (χ0n) is 10.6. The molecular formula is C11H10N4O5. The minimum Gasteiger partial charge on any atom is -0.465 e. The first-order valence-electron chi connectivity index (χ1n) is 5.41. The van der Waals surface area contributed by atoms with Gasteiger partial charge in [0.1, 0.15) is 6.33 Å². The molecule has 104 valence electrons. The smallest absolute Gasteiger partial charge is 0.341 e. The van der Waals surface area contributed by atoms with Crippen LogP contribution in [0.3, 0.4) is 0 Å². The van der Waals surface area contributed by atoms with Crippen LogP contribution in [-0.4, -0.2) is 32.8 Å². The number of carbonyl (C=O) groups excluding carboxylic acids is 1. The molecule has 0 radical (unpaired) electrons. The fraction of sp³-hybridized carbons (Fsp3) is 0.182. The Kier molecular flexibility index (Phi) is 3.60. The van der Waals surface area contributed by atoms with Crippen LogP contribution in [0.2, 0.25) is 0 Å². The maximum absolute atomic E-state index is 11.4. The highest BCUT2D eigenvalue weighted by atomic mass is 16.6. The third kappa shape index (κ3) is 2.71. The molecule has 0 saturated carbocycles. The molecule has 9 nitrogen and oxygen atoms in total. The van der Waals surface area contributed by atoms with Crippen LogP contribution in [0, 0.1) is 10.1 Å². The van der Waals surface area contributed by atoms with Crippen molar-refractivity contribution in [2.24, 2.45) is 7.05 Å². The molecular weight excluding hydrogens is 268 g/mol. The van der Waals surface area contributed by atoms with Crippen LogP contribution in [0.1, 0.15) is 10.4 Å². The first kappa shape index (κ1) is 13.5. The highest BCUT2D eigenvalue weighted by Crippen LogP contribution is 2.31. The molecule has 0 aliphatic rings. The van der Waals surface area contributed by atoms with Crippen molar-refractivity contribution >= 4 is 11.7 Å². The standard InChI is InChI=1S/C11H10N4O5/c1-14-6-12-11(13-14)20-9-5-7(10(16)19-2)3-4-8(9)15(17)18/h3-6H,1-2H3. The summed E-state index contributed by atoms with van der Waals surface area (Å²) in [6, 6.07) is 3.59. The van der Waals surface area contributed by atoms with Gasteiger partial charge in [-0.05, 0) is 6.07 Å². The fourth-order valence-corrected chi connectivity index (χ4v) is 1.46. The van der Waals surface area contributed by atoms with E-state index >= 15 is 0 Å². The maximum atomic E-state index is 11.4. The number of nitro groups is 1. The lowest BCUT2D eigenvalue weighted by Crippen LogP contribution is -2.03. The number of benzene rings is 1. The summed E-state index contributed by atoms with van der Waals surface area (Å²) < 4.78 is 11.2. The van der Waals surface area contributed by atoms with E-state index < -0.39 is 10.9 Å². The van der Waals surface area contributed by atoms with Gasteiger partial charge in [0.15, 0.2) is 0 Å². The van der Waals surface area contributed by atoms with E-state index in [1.165, 1.54) is 30.3 Å². The Morgan fingerprint density at radius 2 is 2.20 bits per heavy atom. The third-order valence-corrected chi connectivity index (χ3v) is 2.36. The van der Waals surface area contributed by atoms with E-state index in [0.717, 1.165) is 6.07 Å².